The van der Waals surface area contributed by atoms with Crippen molar-refractivity contribution in [3.05, 3.63) is 157 Å². The molecule has 5 aromatic carbocycles. The van der Waals surface area contributed by atoms with Crippen LogP contribution in [0.1, 0.15) is 66.8 Å². The lowest BCUT2D eigenvalue weighted by atomic mass is 9.83. The highest BCUT2D eigenvalue weighted by molar-refractivity contribution is 6.22. The quantitative estimate of drug-likeness (QED) is 0.168. The fourth-order valence-corrected chi connectivity index (χ4v) is 8.81. The Morgan fingerprint density at radius 2 is 0.932 bits per heavy atom. The third kappa shape index (κ3) is 5.62. The first-order chi connectivity index (χ1) is 28.2. The average Bonchev–Trinajstić information content (AvgIpc) is 3.77. The smallest absolute Gasteiger partial charge is 0.155 e. The maximum absolute atomic E-state index is 6.72. The van der Waals surface area contributed by atoms with Crippen molar-refractivity contribution >= 4 is 55.8 Å². The molecule has 0 saturated carbocycles. The predicted octanol–water partition coefficient (Wildman–Crippen LogP) is 12.5. The second-order valence-corrected chi connectivity index (χ2v) is 18.0. The molecule has 5 heterocycles. The number of aliphatic imine (C=N–C) groups is 2. The Hall–Kier alpha value is -6.60. The monoisotopic (exact) mass is 772 g/mol. The number of para-hydroxylation sites is 2. The van der Waals surface area contributed by atoms with Crippen LogP contribution >= 0.6 is 0 Å². The molecule has 292 valence electrons. The molecule has 3 aromatic heterocycles. The fourth-order valence-electron chi connectivity index (χ4n) is 8.81. The van der Waals surface area contributed by atoms with Crippen molar-refractivity contribution in [2.75, 3.05) is 9.80 Å². The zero-order valence-electron chi connectivity index (χ0n) is 34.9. The number of fused-ring (bicyclic) bond motifs is 5. The van der Waals surface area contributed by atoms with E-state index in [-0.39, 0.29) is 22.2 Å². The summed E-state index contributed by atoms with van der Waals surface area (Å²) in [6.45, 7) is 17.8. The molecular formula is C52H48N6O. The molecule has 0 N–H and O–H groups in total. The van der Waals surface area contributed by atoms with Gasteiger partial charge in [-0.25, -0.2) is 0 Å². The van der Waals surface area contributed by atoms with Gasteiger partial charge in [0.05, 0.1) is 22.2 Å². The first kappa shape index (κ1) is 36.7. The van der Waals surface area contributed by atoms with E-state index in [1.54, 1.807) is 0 Å². The SMILES string of the molecule is CC1(C)N=C(c2ccc(-c3ccc4c(c3)oc3cc(-c5ccc(C6=NC(C)(C)C(C)(C)N6c6ccccc6)nc5)c5ccccc5c34)cn2)N(c2ccccc2)C1(C)C. The van der Waals surface area contributed by atoms with Crippen LogP contribution < -0.4 is 9.80 Å². The molecule has 10 rings (SSSR count). The molecule has 7 heteroatoms. The lowest BCUT2D eigenvalue weighted by Gasteiger charge is -2.41. The van der Waals surface area contributed by atoms with Gasteiger partial charge in [-0.15, -0.1) is 0 Å². The summed E-state index contributed by atoms with van der Waals surface area (Å²) in [5.74, 6) is 1.76. The maximum atomic E-state index is 6.72. The van der Waals surface area contributed by atoms with Gasteiger partial charge < -0.3 is 14.2 Å². The van der Waals surface area contributed by atoms with E-state index in [1.165, 1.54) is 0 Å². The molecule has 0 fully saturated rings. The Kier molecular flexibility index (Phi) is 8.06. The van der Waals surface area contributed by atoms with Gasteiger partial charge in [0.1, 0.15) is 22.6 Å². The Balaban J connectivity index is 1.00. The highest BCUT2D eigenvalue weighted by Crippen LogP contribution is 2.45. The second-order valence-electron chi connectivity index (χ2n) is 18.0. The van der Waals surface area contributed by atoms with Gasteiger partial charge in [-0.2, -0.15) is 0 Å². The van der Waals surface area contributed by atoms with Crippen molar-refractivity contribution < 1.29 is 4.42 Å². The van der Waals surface area contributed by atoms with Crippen LogP contribution in [0.5, 0.6) is 0 Å². The summed E-state index contributed by atoms with van der Waals surface area (Å²) in [4.78, 5) is 25.2. The second kappa shape index (κ2) is 13.0. The number of furan rings is 1. The molecule has 0 amide bonds. The first-order valence-corrected chi connectivity index (χ1v) is 20.5. The summed E-state index contributed by atoms with van der Waals surface area (Å²) in [5.41, 5.74) is 8.61. The number of pyridine rings is 2. The van der Waals surface area contributed by atoms with Crippen LogP contribution in [0.25, 0.3) is 55.0 Å². The third-order valence-corrected chi connectivity index (χ3v) is 13.4. The van der Waals surface area contributed by atoms with Gasteiger partial charge in [-0.3, -0.25) is 20.0 Å². The maximum Gasteiger partial charge on any atom is 0.155 e. The number of nitrogens with zero attached hydrogens (tertiary/aromatic N) is 6. The number of anilines is 2. The van der Waals surface area contributed by atoms with Crippen LogP contribution in [0, 0.1) is 0 Å². The zero-order valence-corrected chi connectivity index (χ0v) is 34.9. The predicted molar refractivity (Wildman–Crippen MR) is 245 cm³/mol. The van der Waals surface area contributed by atoms with Crippen molar-refractivity contribution in [3.8, 4) is 22.3 Å². The lowest BCUT2D eigenvalue weighted by Crippen LogP contribution is -2.53. The van der Waals surface area contributed by atoms with Crippen LogP contribution in [-0.2, 0) is 0 Å². The topological polar surface area (TPSA) is 70.1 Å². The van der Waals surface area contributed by atoms with Crippen molar-refractivity contribution in [2.24, 2.45) is 9.98 Å². The molecule has 7 nitrogen and oxygen atoms in total. The van der Waals surface area contributed by atoms with Crippen LogP contribution in [0.3, 0.4) is 0 Å². The van der Waals surface area contributed by atoms with E-state index in [0.717, 1.165) is 89.4 Å². The van der Waals surface area contributed by atoms with Gasteiger partial charge in [0.15, 0.2) is 11.7 Å². The standard InChI is InChI=1S/C52H48N6O/c1-49(2)51(5,6)57(36-17-11-9-12-18-36)47(55-49)42-27-24-34(31-53-42)33-23-26-40-44(29-33)59-45-30-41(38-21-15-16-22-39(38)46(40)45)35-25-28-43(54-32-35)48-56-50(3,4)52(7,8)58(48)37-19-13-10-14-20-37/h9-32H,1-8H3. The molecule has 59 heavy (non-hydrogen) atoms. The van der Waals surface area contributed by atoms with Crippen LogP contribution in [0.4, 0.5) is 11.4 Å². The number of aromatic nitrogens is 2. The van der Waals surface area contributed by atoms with Crippen molar-refractivity contribution in [2.45, 2.75) is 77.5 Å². The van der Waals surface area contributed by atoms with Crippen molar-refractivity contribution in [1.82, 2.24) is 9.97 Å². The molecule has 0 atom stereocenters. The largest absolute Gasteiger partial charge is 0.456 e. The van der Waals surface area contributed by atoms with E-state index in [2.05, 4.69) is 187 Å². The van der Waals surface area contributed by atoms with Gasteiger partial charge in [0, 0.05) is 45.7 Å². The van der Waals surface area contributed by atoms with Gasteiger partial charge in [-0.1, -0.05) is 78.9 Å². The summed E-state index contributed by atoms with van der Waals surface area (Å²) >= 11 is 0. The summed E-state index contributed by atoms with van der Waals surface area (Å²) < 4.78 is 6.72. The summed E-state index contributed by atoms with van der Waals surface area (Å²) in [6, 6.07) is 46.7. The summed E-state index contributed by atoms with van der Waals surface area (Å²) in [7, 11) is 0. The Bertz CT molecular complexity index is 2980. The average molecular weight is 773 g/mol. The van der Waals surface area contributed by atoms with Crippen molar-refractivity contribution in [1.29, 1.82) is 0 Å². The molecule has 8 aromatic rings. The van der Waals surface area contributed by atoms with Crippen molar-refractivity contribution in [3.63, 3.8) is 0 Å². The molecule has 0 spiro atoms. The molecule has 2 aliphatic heterocycles. The minimum absolute atomic E-state index is 0.246. The number of hydrogen-bond acceptors (Lipinski definition) is 7. The normalized spacial score (nSPS) is 17.8. The number of rotatable bonds is 6. The minimum atomic E-state index is -0.314. The van der Waals surface area contributed by atoms with E-state index < -0.39 is 0 Å². The minimum Gasteiger partial charge on any atom is -0.456 e. The Morgan fingerprint density at radius 1 is 0.441 bits per heavy atom. The van der Waals surface area contributed by atoms with Gasteiger partial charge >= 0.3 is 0 Å². The summed E-state index contributed by atoms with van der Waals surface area (Å²) in [5, 5.41) is 4.49. The fraction of sp³-hybridized carbons (Fsp3) is 0.231. The molecule has 0 unspecified atom stereocenters. The summed E-state index contributed by atoms with van der Waals surface area (Å²) in [6.07, 6.45) is 3.92. The van der Waals surface area contributed by atoms with E-state index in [4.69, 9.17) is 24.4 Å². The zero-order chi connectivity index (χ0) is 40.9. The molecule has 0 saturated heterocycles. The van der Waals surface area contributed by atoms with E-state index >= 15 is 0 Å². The molecule has 0 bridgehead atoms. The van der Waals surface area contributed by atoms with Crippen LogP contribution in [-0.4, -0.2) is 43.8 Å². The van der Waals surface area contributed by atoms with Gasteiger partial charge in [0.25, 0.3) is 0 Å². The van der Waals surface area contributed by atoms with Gasteiger partial charge in [-0.05, 0) is 132 Å². The highest BCUT2D eigenvalue weighted by Gasteiger charge is 2.51. The Labute approximate surface area is 345 Å². The molecular weight excluding hydrogens is 725 g/mol. The molecule has 0 aliphatic carbocycles. The number of amidine groups is 2. The highest BCUT2D eigenvalue weighted by atomic mass is 16.3. The van der Waals surface area contributed by atoms with Gasteiger partial charge in [0.2, 0.25) is 0 Å². The third-order valence-electron chi connectivity index (χ3n) is 13.4. The van der Waals surface area contributed by atoms with E-state index in [0.29, 0.717) is 0 Å². The van der Waals surface area contributed by atoms with E-state index in [1.807, 2.05) is 24.5 Å². The van der Waals surface area contributed by atoms with Crippen LogP contribution in [0.2, 0.25) is 0 Å². The molecule has 0 radical (unpaired) electrons. The lowest BCUT2D eigenvalue weighted by molar-refractivity contribution is 0.338. The van der Waals surface area contributed by atoms with Crippen LogP contribution in [0.15, 0.2) is 160 Å². The Morgan fingerprint density at radius 3 is 1.46 bits per heavy atom. The number of hydrogen-bond donors (Lipinski definition) is 0. The number of benzene rings is 5. The first-order valence-electron chi connectivity index (χ1n) is 20.5. The molecule has 2 aliphatic rings. The van der Waals surface area contributed by atoms with E-state index in [9.17, 15) is 0 Å².